The van der Waals surface area contributed by atoms with Gasteiger partial charge in [0.1, 0.15) is 5.75 Å². The van der Waals surface area contributed by atoms with Crippen molar-refractivity contribution < 1.29 is 13.0 Å². The minimum Gasteiger partial charge on any atom is -0.493 e. The predicted molar refractivity (Wildman–Crippen MR) is 78.9 cm³/mol. The summed E-state index contributed by atoms with van der Waals surface area (Å²) in [7, 11) is 0. The minimum absolute atomic E-state index is 0.243. The highest BCUT2D eigenvalue weighted by molar-refractivity contribution is 5.86. The van der Waals surface area contributed by atoms with Gasteiger partial charge in [-0.1, -0.05) is 0 Å². The van der Waals surface area contributed by atoms with Gasteiger partial charge in [0.25, 0.3) is 0 Å². The van der Waals surface area contributed by atoms with Crippen LogP contribution in [0.25, 0.3) is 10.9 Å². The fourth-order valence-corrected chi connectivity index (χ4v) is 2.60. The third kappa shape index (κ3) is 2.02. The van der Waals surface area contributed by atoms with E-state index >= 15 is 0 Å². The Morgan fingerprint density at radius 2 is 2.21 bits per heavy atom. The lowest BCUT2D eigenvalue weighted by Crippen LogP contribution is -2.41. The Kier molecular flexibility index (Phi) is 1.65. The largest absolute Gasteiger partial charge is 0.493 e. The fourth-order valence-electron chi connectivity index (χ4n) is 2.60. The molecule has 0 saturated heterocycles. The zero-order valence-corrected chi connectivity index (χ0v) is 11.2. The summed E-state index contributed by atoms with van der Waals surface area (Å²) in [4.78, 5) is 0.648. The first-order chi connectivity index (χ1) is 11.4. The number of rotatable bonds is 3. The molecule has 0 fully saturated rings. The van der Waals surface area contributed by atoms with Gasteiger partial charge in [0.2, 0.25) is 0 Å². The molecule has 19 heavy (non-hydrogen) atoms. The molecule has 102 valence electrons. The average Bonchev–Trinajstić information content (AvgIpc) is 2.99. The van der Waals surface area contributed by atoms with Gasteiger partial charge >= 0.3 is 0 Å². The van der Waals surface area contributed by atoms with E-state index in [1.54, 1.807) is 13.8 Å². The van der Waals surface area contributed by atoms with Crippen molar-refractivity contribution >= 4 is 10.9 Å². The van der Waals surface area contributed by atoms with Crippen molar-refractivity contribution in [1.29, 1.82) is 0 Å². The molecule has 2 aromatic rings. The summed E-state index contributed by atoms with van der Waals surface area (Å²) in [6, 6.07) is 5.83. The highest BCUT2D eigenvalue weighted by Crippen LogP contribution is 2.33. The van der Waals surface area contributed by atoms with Crippen LogP contribution in [0.15, 0.2) is 24.4 Å². The van der Waals surface area contributed by atoms with Crippen LogP contribution in [-0.4, -0.2) is 35.6 Å². The van der Waals surface area contributed by atoms with Crippen molar-refractivity contribution in [2.45, 2.75) is 32.4 Å². The lowest BCUT2D eigenvalue weighted by Gasteiger charge is -2.33. The molecule has 0 unspecified atom stereocenters. The third-order valence-electron chi connectivity index (χ3n) is 3.79. The van der Waals surface area contributed by atoms with Crippen LogP contribution in [0.2, 0.25) is 0 Å². The van der Waals surface area contributed by atoms with Gasteiger partial charge < -0.3 is 14.2 Å². The van der Waals surface area contributed by atoms with Crippen molar-refractivity contribution in [3.63, 3.8) is 0 Å². The van der Waals surface area contributed by atoms with Gasteiger partial charge in [-0.25, -0.2) is 0 Å². The molecular weight excluding hydrogens is 236 g/mol. The zero-order valence-electron chi connectivity index (χ0n) is 17.2. The van der Waals surface area contributed by atoms with Crippen LogP contribution in [0.1, 0.15) is 27.6 Å². The van der Waals surface area contributed by atoms with E-state index in [0.717, 1.165) is 28.6 Å². The van der Waals surface area contributed by atoms with E-state index in [4.69, 9.17) is 13.0 Å². The van der Waals surface area contributed by atoms with E-state index < -0.39 is 19.5 Å². The lowest BCUT2D eigenvalue weighted by molar-refractivity contribution is 0.171. The number of hydrogen-bond acceptors (Lipinski definition) is 2. The van der Waals surface area contributed by atoms with Crippen molar-refractivity contribution in [2.24, 2.45) is 0 Å². The topological polar surface area (TPSA) is 17.4 Å². The van der Waals surface area contributed by atoms with Gasteiger partial charge in [-0.2, -0.15) is 0 Å². The van der Waals surface area contributed by atoms with Crippen LogP contribution < -0.4 is 4.74 Å². The molecule has 1 aromatic heterocycles. The minimum atomic E-state index is -2.72. The van der Waals surface area contributed by atoms with Gasteiger partial charge in [-0.15, -0.1) is 0 Å². The molecule has 0 saturated carbocycles. The standard InChI is InChI=1S/C16H22N2O/c1-16(2,17(3)4)11-18-9-7-12-13-8-10-19-15(13)6-5-14(12)18/h5-7,9H,8,10-11H2,1-4H3/i3D3,4D3. The van der Waals surface area contributed by atoms with Crippen molar-refractivity contribution in [1.82, 2.24) is 9.47 Å². The second-order valence-corrected chi connectivity index (χ2v) is 5.66. The molecular formula is C16H22N2O. The first-order valence-electron chi connectivity index (χ1n) is 9.45. The number of benzene rings is 1. The quantitative estimate of drug-likeness (QED) is 0.848. The second kappa shape index (κ2) is 4.27. The van der Waals surface area contributed by atoms with Crippen molar-refractivity contribution in [3.8, 4) is 5.75 Å². The second-order valence-electron chi connectivity index (χ2n) is 5.66. The van der Waals surface area contributed by atoms with Gasteiger partial charge in [-0.3, -0.25) is 0 Å². The number of nitrogens with zero attached hydrogens (tertiary/aromatic N) is 2. The van der Waals surface area contributed by atoms with Crippen molar-refractivity contribution in [3.05, 3.63) is 30.0 Å². The normalized spacial score (nSPS) is 21.0. The number of fused-ring (bicyclic) bond motifs is 3. The summed E-state index contributed by atoms with van der Waals surface area (Å²) in [5, 5.41) is 1.07. The number of likely N-dealkylation sites (N-methyl/N-ethyl adjacent to an activating group) is 1. The van der Waals surface area contributed by atoms with Crippen LogP contribution in [0.4, 0.5) is 0 Å². The van der Waals surface area contributed by atoms with Crippen LogP contribution in [0.5, 0.6) is 5.75 Å². The number of aromatic nitrogens is 1. The summed E-state index contributed by atoms with van der Waals surface area (Å²) in [6.45, 7) is -1.23. The lowest BCUT2D eigenvalue weighted by atomic mass is 10.0. The Morgan fingerprint density at radius 3 is 3.00 bits per heavy atom. The van der Waals surface area contributed by atoms with Gasteiger partial charge in [-0.05, 0) is 46.0 Å². The Hall–Kier alpha value is -1.48. The molecule has 2 heterocycles. The summed E-state index contributed by atoms with van der Waals surface area (Å²) in [5.74, 6) is 0.885. The molecule has 3 heteroatoms. The van der Waals surface area contributed by atoms with Gasteiger partial charge in [0, 0.05) is 49.4 Å². The van der Waals surface area contributed by atoms with Crippen LogP contribution >= 0.6 is 0 Å². The highest BCUT2D eigenvalue weighted by Gasteiger charge is 2.23. The maximum Gasteiger partial charge on any atom is 0.123 e. The average molecular weight is 264 g/mol. The van der Waals surface area contributed by atoms with Crippen LogP contribution in [0.3, 0.4) is 0 Å². The fraction of sp³-hybridized carbons (Fsp3) is 0.500. The molecule has 3 nitrogen and oxygen atoms in total. The Balaban J connectivity index is 1.99. The third-order valence-corrected chi connectivity index (χ3v) is 3.79. The Labute approximate surface area is 123 Å². The molecule has 0 spiro atoms. The molecule has 1 aliphatic heterocycles. The maximum absolute atomic E-state index is 7.67. The molecule has 3 rings (SSSR count). The highest BCUT2D eigenvalue weighted by atomic mass is 16.5. The zero-order chi connectivity index (χ0) is 18.6. The molecule has 1 aromatic carbocycles. The molecule has 0 radical (unpaired) electrons. The summed E-state index contributed by atoms with van der Waals surface area (Å²) in [6.07, 6.45) is 2.72. The van der Waals surface area contributed by atoms with E-state index in [0.29, 0.717) is 11.5 Å². The first-order valence-corrected chi connectivity index (χ1v) is 6.45. The van der Waals surface area contributed by atoms with Crippen LogP contribution in [-0.2, 0) is 13.0 Å². The SMILES string of the molecule is [2H]C([2H])([2H])N(C([2H])([2H])[2H])C(C)(C)Cn1ccc2c3c(ccc21)OCC3. The van der Waals surface area contributed by atoms with Crippen molar-refractivity contribution in [2.75, 3.05) is 20.6 Å². The number of ether oxygens (including phenoxy) is 1. The smallest absolute Gasteiger partial charge is 0.123 e. The molecule has 0 atom stereocenters. The predicted octanol–water partition coefficient (Wildman–Crippen LogP) is 2.92. The summed E-state index contributed by atoms with van der Waals surface area (Å²) >= 11 is 0. The summed E-state index contributed by atoms with van der Waals surface area (Å²) in [5.41, 5.74) is 1.00. The Bertz CT molecular complexity index is 776. The molecule has 0 bridgehead atoms. The Morgan fingerprint density at radius 1 is 1.37 bits per heavy atom. The van der Waals surface area contributed by atoms with E-state index in [2.05, 4.69) is 0 Å². The van der Waals surface area contributed by atoms with Gasteiger partial charge in [0.05, 0.1) is 6.61 Å². The van der Waals surface area contributed by atoms with Crippen LogP contribution in [0, 0.1) is 0 Å². The van der Waals surface area contributed by atoms with E-state index in [1.165, 1.54) is 0 Å². The first kappa shape index (κ1) is 7.34. The maximum atomic E-state index is 7.67. The molecule has 0 N–H and O–H groups in total. The monoisotopic (exact) mass is 264 g/mol. The van der Waals surface area contributed by atoms with E-state index in [-0.39, 0.29) is 6.54 Å². The molecule has 0 aliphatic carbocycles. The molecule has 1 aliphatic rings. The number of hydrogen-bond donors (Lipinski definition) is 0. The van der Waals surface area contributed by atoms with E-state index in [9.17, 15) is 0 Å². The van der Waals surface area contributed by atoms with Gasteiger partial charge in [0.15, 0.2) is 0 Å². The summed E-state index contributed by atoms with van der Waals surface area (Å²) < 4.78 is 53.5. The molecule has 0 amide bonds. The van der Waals surface area contributed by atoms with E-state index in [1.807, 2.05) is 29.0 Å².